The topological polar surface area (TPSA) is 63.7 Å². The molecule has 0 unspecified atom stereocenters. The molecule has 7 heteroatoms. The van der Waals surface area contributed by atoms with Gasteiger partial charge in [0.25, 0.3) is 0 Å². The monoisotopic (exact) mass is 286 g/mol. The van der Waals surface area contributed by atoms with Crippen molar-refractivity contribution in [2.75, 3.05) is 31.7 Å². The number of rotatable bonds is 4. The molecule has 1 aromatic rings. The lowest BCUT2D eigenvalue weighted by Crippen LogP contribution is -2.42. The molecule has 1 aliphatic heterocycles. The average Bonchev–Trinajstić information content (AvgIpc) is 2.85. The smallest absolute Gasteiger partial charge is 0.191 e. The largest absolute Gasteiger partial charge is 0.378 e. The fourth-order valence-corrected chi connectivity index (χ4v) is 3.32. The summed E-state index contributed by atoms with van der Waals surface area (Å²) in [5, 5.41) is 2.99. The molecule has 1 saturated heterocycles. The number of methoxy groups -OCH3 is 1. The number of hydrogen-bond acceptors (Lipinski definition) is 5. The first-order chi connectivity index (χ1) is 8.79. The van der Waals surface area contributed by atoms with Gasteiger partial charge < -0.3 is 15.4 Å². The molecule has 1 aliphatic rings. The van der Waals surface area contributed by atoms with Crippen LogP contribution >= 0.6 is 23.1 Å². The van der Waals surface area contributed by atoms with Gasteiger partial charge in [-0.05, 0) is 0 Å². The van der Waals surface area contributed by atoms with Gasteiger partial charge in [0.15, 0.2) is 5.96 Å². The van der Waals surface area contributed by atoms with Crippen LogP contribution in [0.3, 0.4) is 0 Å². The minimum absolute atomic E-state index is 0.551. The Morgan fingerprint density at radius 1 is 1.56 bits per heavy atom. The highest BCUT2D eigenvalue weighted by Gasteiger charge is 2.12. The van der Waals surface area contributed by atoms with Crippen molar-refractivity contribution < 1.29 is 4.74 Å². The van der Waals surface area contributed by atoms with Gasteiger partial charge in [0.2, 0.25) is 0 Å². The maximum Gasteiger partial charge on any atom is 0.191 e. The maximum atomic E-state index is 5.98. The summed E-state index contributed by atoms with van der Waals surface area (Å²) >= 11 is 3.56. The fourth-order valence-electron chi connectivity index (χ4n) is 1.67. The van der Waals surface area contributed by atoms with Crippen LogP contribution in [0, 0.1) is 0 Å². The molecular formula is C11H18N4OS2. The molecule has 5 nitrogen and oxygen atoms in total. The highest BCUT2D eigenvalue weighted by Crippen LogP contribution is 2.12. The van der Waals surface area contributed by atoms with E-state index in [4.69, 9.17) is 10.5 Å². The van der Waals surface area contributed by atoms with Crippen molar-refractivity contribution >= 4 is 29.1 Å². The van der Waals surface area contributed by atoms with Gasteiger partial charge in [0.1, 0.15) is 5.01 Å². The van der Waals surface area contributed by atoms with Gasteiger partial charge in [-0.3, -0.25) is 0 Å². The second-order valence-electron chi connectivity index (χ2n) is 3.94. The summed E-state index contributed by atoms with van der Waals surface area (Å²) in [5.41, 5.74) is 6.94. The second-order valence-corrected chi connectivity index (χ2v) is 6.11. The van der Waals surface area contributed by atoms with Gasteiger partial charge in [-0.2, -0.15) is 11.8 Å². The van der Waals surface area contributed by atoms with Crippen LogP contribution in [0.1, 0.15) is 10.7 Å². The van der Waals surface area contributed by atoms with Gasteiger partial charge >= 0.3 is 0 Å². The predicted molar refractivity (Wildman–Crippen MR) is 77.1 cm³/mol. The van der Waals surface area contributed by atoms with Crippen LogP contribution in [0.25, 0.3) is 0 Å². The van der Waals surface area contributed by atoms with Crippen LogP contribution in [0.2, 0.25) is 0 Å². The summed E-state index contributed by atoms with van der Waals surface area (Å²) in [5.74, 6) is 2.90. The Labute approximate surface area is 115 Å². The zero-order valence-electron chi connectivity index (χ0n) is 10.5. The van der Waals surface area contributed by atoms with E-state index in [1.54, 1.807) is 18.4 Å². The third-order valence-corrected chi connectivity index (χ3v) is 4.42. The quantitative estimate of drug-likeness (QED) is 0.664. The molecule has 0 bridgehead atoms. The molecule has 2 heterocycles. The molecule has 0 aromatic carbocycles. The maximum absolute atomic E-state index is 5.98. The first-order valence-electron chi connectivity index (χ1n) is 5.84. The van der Waals surface area contributed by atoms with Crippen molar-refractivity contribution in [3.05, 3.63) is 16.1 Å². The standard InChI is InChI=1S/C11H18N4OS2/c1-16-7-10-14-9(8-18-10)6-13-11(12)15-2-4-17-5-3-15/h8H,2-7H2,1H3,(H2,12,13). The Bertz CT molecular complexity index is 402. The summed E-state index contributed by atoms with van der Waals surface area (Å²) in [6.45, 7) is 3.10. The Kier molecular flexibility index (Phi) is 5.27. The summed E-state index contributed by atoms with van der Waals surface area (Å²) in [6.07, 6.45) is 0. The van der Waals surface area contributed by atoms with E-state index in [2.05, 4.69) is 14.9 Å². The summed E-state index contributed by atoms with van der Waals surface area (Å²) in [6, 6.07) is 0. The number of ether oxygens (including phenoxy) is 1. The van der Waals surface area contributed by atoms with E-state index in [9.17, 15) is 0 Å². The lowest BCUT2D eigenvalue weighted by molar-refractivity contribution is 0.184. The molecule has 2 rings (SSSR count). The van der Waals surface area contributed by atoms with Crippen LogP contribution in [0.5, 0.6) is 0 Å². The van der Waals surface area contributed by atoms with E-state index in [-0.39, 0.29) is 0 Å². The third-order valence-electron chi connectivity index (χ3n) is 2.61. The van der Waals surface area contributed by atoms with Crippen LogP contribution in [-0.4, -0.2) is 47.5 Å². The molecule has 0 aliphatic carbocycles. The molecule has 2 N–H and O–H groups in total. The van der Waals surface area contributed by atoms with Gasteiger partial charge in [-0.25, -0.2) is 9.98 Å². The van der Waals surface area contributed by atoms with Crippen LogP contribution in [0.4, 0.5) is 0 Å². The molecule has 0 amide bonds. The number of guanidine groups is 1. The highest BCUT2D eigenvalue weighted by atomic mass is 32.2. The zero-order valence-corrected chi connectivity index (χ0v) is 12.1. The lowest BCUT2D eigenvalue weighted by Gasteiger charge is -2.27. The van der Waals surface area contributed by atoms with Crippen molar-refractivity contribution in [2.45, 2.75) is 13.2 Å². The number of nitrogens with zero attached hydrogens (tertiary/aromatic N) is 3. The van der Waals surface area contributed by atoms with Gasteiger partial charge in [0.05, 0.1) is 18.8 Å². The van der Waals surface area contributed by atoms with E-state index in [1.807, 2.05) is 17.1 Å². The Morgan fingerprint density at radius 2 is 2.33 bits per heavy atom. The van der Waals surface area contributed by atoms with Gasteiger partial charge in [0, 0.05) is 37.1 Å². The van der Waals surface area contributed by atoms with Crippen molar-refractivity contribution in [3.63, 3.8) is 0 Å². The molecule has 18 heavy (non-hydrogen) atoms. The molecule has 0 atom stereocenters. The minimum atomic E-state index is 0.551. The number of aliphatic imine (C=N–C) groups is 1. The minimum Gasteiger partial charge on any atom is -0.378 e. The molecule has 1 aromatic heterocycles. The molecule has 0 saturated carbocycles. The van der Waals surface area contributed by atoms with Crippen LogP contribution in [-0.2, 0) is 17.9 Å². The Morgan fingerprint density at radius 3 is 3.06 bits per heavy atom. The van der Waals surface area contributed by atoms with Gasteiger partial charge in [-0.15, -0.1) is 11.3 Å². The molecule has 100 valence electrons. The van der Waals surface area contributed by atoms with E-state index >= 15 is 0 Å². The summed E-state index contributed by atoms with van der Waals surface area (Å²) < 4.78 is 5.04. The normalized spacial score (nSPS) is 17.2. The van der Waals surface area contributed by atoms with E-state index in [0.717, 1.165) is 35.3 Å². The predicted octanol–water partition coefficient (Wildman–Crippen LogP) is 1.15. The Hall–Kier alpha value is -0.790. The van der Waals surface area contributed by atoms with Crippen molar-refractivity contribution in [1.29, 1.82) is 0 Å². The van der Waals surface area contributed by atoms with Gasteiger partial charge in [-0.1, -0.05) is 0 Å². The molecule has 1 fully saturated rings. The molecular weight excluding hydrogens is 268 g/mol. The van der Waals surface area contributed by atoms with Crippen molar-refractivity contribution in [2.24, 2.45) is 10.7 Å². The number of thiazole rings is 1. The number of aromatic nitrogens is 1. The highest BCUT2D eigenvalue weighted by molar-refractivity contribution is 7.99. The zero-order chi connectivity index (χ0) is 12.8. The summed E-state index contributed by atoms with van der Waals surface area (Å²) in [4.78, 5) is 11.0. The number of hydrogen-bond donors (Lipinski definition) is 1. The average molecular weight is 286 g/mol. The summed E-state index contributed by atoms with van der Waals surface area (Å²) in [7, 11) is 1.67. The van der Waals surface area contributed by atoms with Crippen LogP contribution < -0.4 is 5.73 Å². The fraction of sp³-hybridized carbons (Fsp3) is 0.636. The van der Waals surface area contributed by atoms with Crippen molar-refractivity contribution in [3.8, 4) is 0 Å². The Balaban J connectivity index is 1.87. The van der Waals surface area contributed by atoms with E-state index < -0.39 is 0 Å². The first kappa shape index (κ1) is 13.6. The molecule has 0 spiro atoms. The molecule has 0 radical (unpaired) electrons. The lowest BCUT2D eigenvalue weighted by atomic mass is 10.5. The van der Waals surface area contributed by atoms with E-state index in [1.165, 1.54) is 0 Å². The first-order valence-corrected chi connectivity index (χ1v) is 7.88. The van der Waals surface area contributed by atoms with Crippen LogP contribution in [0.15, 0.2) is 10.4 Å². The number of nitrogens with two attached hydrogens (primary N) is 1. The number of thioether (sulfide) groups is 1. The van der Waals surface area contributed by atoms with Crippen molar-refractivity contribution in [1.82, 2.24) is 9.88 Å². The second kappa shape index (κ2) is 6.96. The third kappa shape index (κ3) is 3.86. The van der Waals surface area contributed by atoms with E-state index in [0.29, 0.717) is 19.1 Å². The SMILES string of the molecule is COCc1nc(CN=C(N)N2CCSCC2)cs1.